The minimum atomic E-state index is 0.933. The third-order valence-electron chi connectivity index (χ3n) is 2.32. The molecule has 1 aromatic heterocycles. The minimum Gasteiger partial charge on any atom is -0.249 e. The molecule has 13 heavy (non-hydrogen) atoms. The summed E-state index contributed by atoms with van der Waals surface area (Å²) in [5.74, 6) is 0. The van der Waals surface area contributed by atoms with Crippen molar-refractivity contribution in [2.45, 2.75) is 53.0 Å². The van der Waals surface area contributed by atoms with Gasteiger partial charge in [0, 0.05) is 6.54 Å². The zero-order chi connectivity index (χ0) is 9.68. The van der Waals surface area contributed by atoms with E-state index in [1.54, 1.807) is 0 Å². The quantitative estimate of drug-likeness (QED) is 0.697. The van der Waals surface area contributed by atoms with Crippen LogP contribution in [-0.2, 0) is 19.4 Å². The molecule has 0 saturated heterocycles. The molecule has 0 aliphatic rings. The molecule has 0 atom stereocenters. The second-order valence-electron chi connectivity index (χ2n) is 3.26. The maximum atomic E-state index is 4.21. The van der Waals surface area contributed by atoms with Gasteiger partial charge in [0.25, 0.3) is 0 Å². The van der Waals surface area contributed by atoms with Gasteiger partial charge in [-0.3, -0.25) is 0 Å². The standard InChI is InChI=1S/C10H19N3/c1-4-7-8-9-10(5-2)13(6-3)12-11-9/h4-8H2,1-3H3. The highest BCUT2D eigenvalue weighted by atomic mass is 15.4. The van der Waals surface area contributed by atoms with E-state index < -0.39 is 0 Å². The van der Waals surface area contributed by atoms with Crippen molar-refractivity contribution in [2.75, 3.05) is 0 Å². The van der Waals surface area contributed by atoms with Gasteiger partial charge in [-0.2, -0.15) is 0 Å². The lowest BCUT2D eigenvalue weighted by atomic mass is 10.1. The molecule has 0 aliphatic heterocycles. The first-order valence-electron chi connectivity index (χ1n) is 5.24. The molecule has 0 spiro atoms. The average Bonchev–Trinajstić information content (AvgIpc) is 2.56. The van der Waals surface area contributed by atoms with Gasteiger partial charge in [0.2, 0.25) is 0 Å². The Kier molecular flexibility index (Phi) is 3.93. The van der Waals surface area contributed by atoms with Crippen LogP contribution < -0.4 is 0 Å². The number of rotatable bonds is 5. The number of unbranched alkanes of at least 4 members (excludes halogenated alkanes) is 1. The van der Waals surface area contributed by atoms with E-state index in [1.165, 1.54) is 24.2 Å². The van der Waals surface area contributed by atoms with Crippen molar-refractivity contribution in [3.8, 4) is 0 Å². The van der Waals surface area contributed by atoms with Gasteiger partial charge in [0.15, 0.2) is 0 Å². The van der Waals surface area contributed by atoms with Gasteiger partial charge in [-0.05, 0) is 26.2 Å². The van der Waals surface area contributed by atoms with Crippen molar-refractivity contribution in [2.24, 2.45) is 0 Å². The van der Waals surface area contributed by atoms with Gasteiger partial charge in [-0.15, -0.1) is 5.10 Å². The molecule has 1 aromatic rings. The minimum absolute atomic E-state index is 0.933. The Hall–Kier alpha value is -0.860. The van der Waals surface area contributed by atoms with Gasteiger partial charge >= 0.3 is 0 Å². The SMILES string of the molecule is CCCCc1nnn(CC)c1CC. The fourth-order valence-electron chi connectivity index (χ4n) is 1.55. The van der Waals surface area contributed by atoms with Crippen LogP contribution in [-0.4, -0.2) is 15.0 Å². The number of aryl methyl sites for hydroxylation is 2. The van der Waals surface area contributed by atoms with Crippen molar-refractivity contribution in [3.63, 3.8) is 0 Å². The Morgan fingerprint density at radius 1 is 1.23 bits per heavy atom. The molecule has 1 rings (SSSR count). The summed E-state index contributed by atoms with van der Waals surface area (Å²) < 4.78 is 2.00. The molecule has 74 valence electrons. The van der Waals surface area contributed by atoms with E-state index in [0.717, 1.165) is 19.4 Å². The molecular formula is C10H19N3. The Bertz CT molecular complexity index is 253. The zero-order valence-corrected chi connectivity index (χ0v) is 8.88. The molecule has 0 aromatic carbocycles. The molecule has 0 fully saturated rings. The summed E-state index contributed by atoms with van der Waals surface area (Å²) in [7, 11) is 0. The van der Waals surface area contributed by atoms with Crippen LogP contribution in [0.25, 0.3) is 0 Å². The molecular weight excluding hydrogens is 162 g/mol. The third kappa shape index (κ3) is 2.29. The average molecular weight is 181 g/mol. The fourth-order valence-corrected chi connectivity index (χ4v) is 1.55. The zero-order valence-electron chi connectivity index (χ0n) is 8.88. The second-order valence-corrected chi connectivity index (χ2v) is 3.26. The molecule has 3 nitrogen and oxygen atoms in total. The molecule has 1 heterocycles. The molecule has 0 unspecified atom stereocenters. The number of aromatic nitrogens is 3. The predicted octanol–water partition coefficient (Wildman–Crippen LogP) is 2.20. The van der Waals surface area contributed by atoms with Crippen molar-refractivity contribution in [1.82, 2.24) is 15.0 Å². The molecule has 0 saturated carbocycles. The smallest absolute Gasteiger partial charge is 0.0859 e. The first-order chi connectivity index (χ1) is 6.33. The van der Waals surface area contributed by atoms with E-state index in [4.69, 9.17) is 0 Å². The lowest BCUT2D eigenvalue weighted by Gasteiger charge is -2.01. The maximum Gasteiger partial charge on any atom is 0.0859 e. The van der Waals surface area contributed by atoms with Crippen molar-refractivity contribution >= 4 is 0 Å². The number of hydrogen-bond acceptors (Lipinski definition) is 2. The lowest BCUT2D eigenvalue weighted by Crippen LogP contribution is -2.02. The lowest BCUT2D eigenvalue weighted by molar-refractivity contribution is 0.601. The molecule has 0 bridgehead atoms. The number of nitrogens with zero attached hydrogens (tertiary/aromatic N) is 3. The molecule has 0 N–H and O–H groups in total. The van der Waals surface area contributed by atoms with Gasteiger partial charge in [-0.25, -0.2) is 4.68 Å². The molecule has 0 aliphatic carbocycles. The van der Waals surface area contributed by atoms with Crippen LogP contribution in [0.2, 0.25) is 0 Å². The molecule has 3 heteroatoms. The summed E-state index contributed by atoms with van der Waals surface area (Å²) in [5, 5.41) is 8.33. The van der Waals surface area contributed by atoms with Crippen molar-refractivity contribution < 1.29 is 0 Å². The highest BCUT2D eigenvalue weighted by Crippen LogP contribution is 2.09. The Morgan fingerprint density at radius 3 is 2.54 bits per heavy atom. The Labute approximate surface area is 80.1 Å². The van der Waals surface area contributed by atoms with Crippen molar-refractivity contribution in [1.29, 1.82) is 0 Å². The van der Waals surface area contributed by atoms with Crippen molar-refractivity contribution in [3.05, 3.63) is 11.4 Å². The summed E-state index contributed by atoms with van der Waals surface area (Å²) >= 11 is 0. The van der Waals surface area contributed by atoms with Crippen LogP contribution in [0.3, 0.4) is 0 Å². The van der Waals surface area contributed by atoms with E-state index in [0.29, 0.717) is 0 Å². The van der Waals surface area contributed by atoms with Crippen LogP contribution >= 0.6 is 0 Å². The normalized spacial score (nSPS) is 10.7. The third-order valence-corrected chi connectivity index (χ3v) is 2.32. The maximum absolute atomic E-state index is 4.21. The fraction of sp³-hybridized carbons (Fsp3) is 0.800. The van der Waals surface area contributed by atoms with E-state index in [1.807, 2.05) is 4.68 Å². The van der Waals surface area contributed by atoms with Crippen LogP contribution in [0.15, 0.2) is 0 Å². The van der Waals surface area contributed by atoms with Gasteiger partial charge in [-0.1, -0.05) is 25.5 Å². The first kappa shape index (κ1) is 10.2. The van der Waals surface area contributed by atoms with Crippen LogP contribution in [0.5, 0.6) is 0 Å². The van der Waals surface area contributed by atoms with Crippen LogP contribution in [0.4, 0.5) is 0 Å². The van der Waals surface area contributed by atoms with Crippen LogP contribution in [0.1, 0.15) is 45.0 Å². The van der Waals surface area contributed by atoms with Gasteiger partial charge < -0.3 is 0 Å². The first-order valence-corrected chi connectivity index (χ1v) is 5.24. The topological polar surface area (TPSA) is 30.7 Å². The second kappa shape index (κ2) is 5.00. The largest absolute Gasteiger partial charge is 0.249 e. The number of hydrogen-bond donors (Lipinski definition) is 0. The van der Waals surface area contributed by atoms with Crippen LogP contribution in [0, 0.1) is 0 Å². The summed E-state index contributed by atoms with van der Waals surface area (Å²) in [6.07, 6.45) is 4.57. The summed E-state index contributed by atoms with van der Waals surface area (Å²) in [4.78, 5) is 0. The Balaban J connectivity index is 2.75. The van der Waals surface area contributed by atoms with E-state index in [9.17, 15) is 0 Å². The predicted molar refractivity (Wildman–Crippen MR) is 53.7 cm³/mol. The molecule has 0 radical (unpaired) electrons. The van der Waals surface area contributed by atoms with E-state index in [2.05, 4.69) is 31.1 Å². The van der Waals surface area contributed by atoms with Gasteiger partial charge in [0.05, 0.1) is 11.4 Å². The highest BCUT2D eigenvalue weighted by Gasteiger charge is 2.08. The van der Waals surface area contributed by atoms with E-state index in [-0.39, 0.29) is 0 Å². The van der Waals surface area contributed by atoms with Gasteiger partial charge in [0.1, 0.15) is 0 Å². The summed E-state index contributed by atoms with van der Waals surface area (Å²) in [5.41, 5.74) is 2.52. The monoisotopic (exact) mass is 181 g/mol. The Morgan fingerprint density at radius 2 is 2.00 bits per heavy atom. The summed E-state index contributed by atoms with van der Waals surface area (Å²) in [6.45, 7) is 7.41. The highest BCUT2D eigenvalue weighted by molar-refractivity contribution is 5.10. The van der Waals surface area contributed by atoms with E-state index >= 15 is 0 Å². The summed E-state index contributed by atoms with van der Waals surface area (Å²) in [6, 6.07) is 0. The molecule has 0 amide bonds.